The van der Waals surface area contributed by atoms with E-state index in [-0.39, 0.29) is 0 Å². The second-order valence-corrected chi connectivity index (χ2v) is 3.83. The third-order valence-corrected chi connectivity index (χ3v) is 2.54. The Morgan fingerprint density at radius 3 is 2.22 bits per heavy atom. The highest BCUT2D eigenvalue weighted by Gasteiger charge is 2.04. The largest absolute Gasteiger partial charge is 0.490 e. The molecule has 0 aliphatic heterocycles. The van der Waals surface area contributed by atoms with Crippen LogP contribution in [0.25, 0.3) is 0 Å². The molecule has 2 N–H and O–H groups in total. The molecule has 0 bridgehead atoms. The second-order valence-electron chi connectivity index (χ2n) is 3.83. The fraction of sp³-hybridized carbons (Fsp3) is 0.200. The van der Waals surface area contributed by atoms with Gasteiger partial charge in [0.2, 0.25) is 0 Å². The summed E-state index contributed by atoms with van der Waals surface area (Å²) in [5, 5.41) is 0. The van der Waals surface area contributed by atoms with Crippen LogP contribution in [0.15, 0.2) is 48.5 Å². The number of benzene rings is 2. The Kier molecular flexibility index (Phi) is 4.20. The van der Waals surface area contributed by atoms with Crippen molar-refractivity contribution in [2.45, 2.75) is 13.5 Å². The van der Waals surface area contributed by atoms with E-state index in [0.29, 0.717) is 13.2 Å². The zero-order chi connectivity index (χ0) is 12.8. The molecule has 0 heterocycles. The first-order valence-corrected chi connectivity index (χ1v) is 6.02. The van der Waals surface area contributed by atoms with E-state index < -0.39 is 0 Å². The number of nitrogens with two attached hydrogens (primary N) is 1. The number of ether oxygens (including phenoxy) is 2. The molecule has 3 heteroatoms. The van der Waals surface area contributed by atoms with E-state index in [1.165, 1.54) is 0 Å². The summed E-state index contributed by atoms with van der Waals surface area (Å²) in [7, 11) is 0. The maximum absolute atomic E-state index is 5.80. The maximum Gasteiger partial charge on any atom is 0.169 e. The van der Waals surface area contributed by atoms with Gasteiger partial charge < -0.3 is 15.2 Å². The van der Waals surface area contributed by atoms with Gasteiger partial charge in [0.25, 0.3) is 0 Å². The molecule has 0 radical (unpaired) electrons. The summed E-state index contributed by atoms with van der Waals surface area (Å²) in [6, 6.07) is 15.4. The summed E-state index contributed by atoms with van der Waals surface area (Å²) >= 11 is 0. The van der Waals surface area contributed by atoms with E-state index in [1.54, 1.807) is 0 Å². The smallest absolute Gasteiger partial charge is 0.169 e. The second kappa shape index (κ2) is 6.07. The molecule has 94 valence electrons. The predicted octanol–water partition coefficient (Wildman–Crippen LogP) is 3.34. The van der Waals surface area contributed by atoms with Crippen molar-refractivity contribution in [3.05, 3.63) is 54.1 Å². The molecule has 0 atom stereocenters. The van der Waals surface area contributed by atoms with E-state index >= 15 is 0 Å². The Morgan fingerprint density at radius 2 is 1.61 bits per heavy atom. The minimum Gasteiger partial charge on any atom is -0.490 e. The number of rotatable bonds is 5. The molecule has 2 aromatic rings. The van der Waals surface area contributed by atoms with Crippen molar-refractivity contribution in [1.82, 2.24) is 0 Å². The average Bonchev–Trinajstić information content (AvgIpc) is 2.42. The SMILES string of the molecule is CCOc1ccccc1Oc1ccc(CN)cc1. The molecule has 0 aliphatic rings. The van der Waals surface area contributed by atoms with Crippen molar-refractivity contribution in [2.75, 3.05) is 6.61 Å². The molecular formula is C15H17NO2. The van der Waals surface area contributed by atoms with Crippen LogP contribution in [0.1, 0.15) is 12.5 Å². The Labute approximate surface area is 107 Å². The summed E-state index contributed by atoms with van der Waals surface area (Å²) in [5.41, 5.74) is 6.64. The van der Waals surface area contributed by atoms with Crippen molar-refractivity contribution >= 4 is 0 Å². The van der Waals surface area contributed by atoms with Gasteiger partial charge in [-0.3, -0.25) is 0 Å². The molecule has 0 fully saturated rings. The van der Waals surface area contributed by atoms with Gasteiger partial charge in [0.1, 0.15) is 5.75 Å². The van der Waals surface area contributed by atoms with Crippen LogP contribution in [0.3, 0.4) is 0 Å². The third kappa shape index (κ3) is 3.02. The zero-order valence-corrected chi connectivity index (χ0v) is 10.4. The van der Waals surface area contributed by atoms with Gasteiger partial charge in [0, 0.05) is 6.54 Å². The molecule has 0 saturated carbocycles. The number of hydrogen-bond donors (Lipinski definition) is 1. The molecule has 3 nitrogen and oxygen atoms in total. The van der Waals surface area contributed by atoms with Crippen LogP contribution in [0.5, 0.6) is 17.2 Å². The quantitative estimate of drug-likeness (QED) is 0.876. The van der Waals surface area contributed by atoms with Crippen LogP contribution in [-0.4, -0.2) is 6.61 Å². The molecule has 0 aromatic heterocycles. The van der Waals surface area contributed by atoms with Gasteiger partial charge in [-0.05, 0) is 36.8 Å². The Morgan fingerprint density at radius 1 is 0.944 bits per heavy atom. The molecule has 0 spiro atoms. The highest BCUT2D eigenvalue weighted by molar-refractivity contribution is 5.43. The zero-order valence-electron chi connectivity index (χ0n) is 10.4. The highest BCUT2D eigenvalue weighted by atomic mass is 16.5. The first-order chi connectivity index (χ1) is 8.83. The van der Waals surface area contributed by atoms with Gasteiger partial charge in [0.05, 0.1) is 6.61 Å². The van der Waals surface area contributed by atoms with E-state index in [9.17, 15) is 0 Å². The minimum atomic E-state index is 0.538. The lowest BCUT2D eigenvalue weighted by molar-refractivity contribution is 0.321. The molecule has 18 heavy (non-hydrogen) atoms. The van der Waals surface area contributed by atoms with Gasteiger partial charge in [-0.25, -0.2) is 0 Å². The third-order valence-electron chi connectivity index (χ3n) is 2.54. The molecular weight excluding hydrogens is 226 g/mol. The van der Waals surface area contributed by atoms with E-state index in [0.717, 1.165) is 22.8 Å². The molecule has 0 amide bonds. The van der Waals surface area contributed by atoms with E-state index in [4.69, 9.17) is 15.2 Å². The lowest BCUT2D eigenvalue weighted by Gasteiger charge is -2.11. The van der Waals surface area contributed by atoms with Crippen LogP contribution in [-0.2, 0) is 6.54 Å². The molecule has 2 rings (SSSR count). The first kappa shape index (κ1) is 12.5. The predicted molar refractivity (Wildman–Crippen MR) is 72.0 cm³/mol. The number of hydrogen-bond acceptors (Lipinski definition) is 3. The van der Waals surface area contributed by atoms with Crippen molar-refractivity contribution in [2.24, 2.45) is 5.73 Å². The van der Waals surface area contributed by atoms with Crippen LogP contribution in [0.4, 0.5) is 0 Å². The molecule has 0 saturated heterocycles. The minimum absolute atomic E-state index is 0.538. The van der Waals surface area contributed by atoms with Crippen molar-refractivity contribution in [3.8, 4) is 17.2 Å². The fourth-order valence-electron chi connectivity index (χ4n) is 1.63. The van der Waals surface area contributed by atoms with Crippen molar-refractivity contribution in [3.63, 3.8) is 0 Å². The normalized spacial score (nSPS) is 10.1. The summed E-state index contributed by atoms with van der Waals surface area (Å²) in [5.74, 6) is 2.25. The summed E-state index contributed by atoms with van der Waals surface area (Å²) < 4.78 is 11.3. The lowest BCUT2D eigenvalue weighted by atomic mass is 10.2. The van der Waals surface area contributed by atoms with Gasteiger partial charge in [-0.2, -0.15) is 0 Å². The van der Waals surface area contributed by atoms with Gasteiger partial charge >= 0.3 is 0 Å². The topological polar surface area (TPSA) is 44.5 Å². The Bertz CT molecular complexity index is 494. The molecule has 0 aliphatic carbocycles. The standard InChI is InChI=1S/C15H17NO2/c1-2-17-14-5-3-4-6-15(14)18-13-9-7-12(11-16)8-10-13/h3-10H,2,11,16H2,1H3. The maximum atomic E-state index is 5.80. The van der Waals surface area contributed by atoms with Gasteiger partial charge in [-0.1, -0.05) is 24.3 Å². The average molecular weight is 243 g/mol. The Hall–Kier alpha value is -2.00. The van der Waals surface area contributed by atoms with Crippen LogP contribution in [0.2, 0.25) is 0 Å². The first-order valence-electron chi connectivity index (χ1n) is 6.02. The van der Waals surface area contributed by atoms with E-state index in [2.05, 4.69) is 0 Å². The molecule has 0 unspecified atom stereocenters. The summed E-state index contributed by atoms with van der Waals surface area (Å²) in [6.45, 7) is 3.11. The van der Waals surface area contributed by atoms with Crippen LogP contribution < -0.4 is 15.2 Å². The van der Waals surface area contributed by atoms with Gasteiger partial charge in [0.15, 0.2) is 11.5 Å². The van der Waals surface area contributed by atoms with Gasteiger partial charge in [-0.15, -0.1) is 0 Å². The monoisotopic (exact) mass is 243 g/mol. The number of para-hydroxylation sites is 2. The summed E-state index contributed by atoms with van der Waals surface area (Å²) in [6.07, 6.45) is 0. The van der Waals surface area contributed by atoms with E-state index in [1.807, 2.05) is 55.5 Å². The van der Waals surface area contributed by atoms with Crippen LogP contribution >= 0.6 is 0 Å². The van der Waals surface area contributed by atoms with Crippen molar-refractivity contribution < 1.29 is 9.47 Å². The summed E-state index contributed by atoms with van der Waals surface area (Å²) in [4.78, 5) is 0. The highest BCUT2D eigenvalue weighted by Crippen LogP contribution is 2.31. The lowest BCUT2D eigenvalue weighted by Crippen LogP contribution is -1.96. The Balaban J connectivity index is 2.17. The van der Waals surface area contributed by atoms with Crippen LogP contribution in [0, 0.1) is 0 Å². The fourth-order valence-corrected chi connectivity index (χ4v) is 1.63. The molecule has 2 aromatic carbocycles. The van der Waals surface area contributed by atoms with Crippen molar-refractivity contribution in [1.29, 1.82) is 0 Å².